The summed E-state index contributed by atoms with van der Waals surface area (Å²) in [6, 6.07) is 9.85. The highest BCUT2D eigenvalue weighted by molar-refractivity contribution is 7.14. The first kappa shape index (κ1) is 14.5. The molecule has 0 radical (unpaired) electrons. The zero-order chi connectivity index (χ0) is 14.6. The summed E-state index contributed by atoms with van der Waals surface area (Å²) in [5.74, 6) is -0.834. The number of hydrogen-bond donors (Lipinski definition) is 2. The van der Waals surface area contributed by atoms with Gasteiger partial charge in [0.05, 0.1) is 5.69 Å². The third-order valence-electron chi connectivity index (χ3n) is 3.54. The number of carboxylic acid groups (broad SMARTS) is 1. The van der Waals surface area contributed by atoms with Gasteiger partial charge in [-0.3, -0.25) is 0 Å². The number of aromatic nitrogens is 1. The van der Waals surface area contributed by atoms with Gasteiger partial charge in [-0.2, -0.15) is 0 Å². The van der Waals surface area contributed by atoms with Crippen LogP contribution in [0.25, 0.3) is 11.3 Å². The lowest BCUT2D eigenvalue weighted by atomic mass is 9.93. The fourth-order valence-corrected chi connectivity index (χ4v) is 2.88. The highest BCUT2D eigenvalue weighted by Gasteiger charge is 2.35. The number of anilines is 1. The van der Waals surface area contributed by atoms with Crippen molar-refractivity contribution < 1.29 is 9.90 Å². The van der Waals surface area contributed by atoms with E-state index in [1.54, 1.807) is 0 Å². The van der Waals surface area contributed by atoms with Crippen LogP contribution in [0.15, 0.2) is 35.7 Å². The molecular weight excluding hydrogens is 272 g/mol. The van der Waals surface area contributed by atoms with Gasteiger partial charge < -0.3 is 10.4 Å². The molecule has 0 aliphatic rings. The van der Waals surface area contributed by atoms with E-state index >= 15 is 0 Å². The Labute approximate surface area is 122 Å². The number of nitrogens with zero attached hydrogens (tertiary/aromatic N) is 1. The summed E-state index contributed by atoms with van der Waals surface area (Å²) in [6.45, 7) is 3.74. The Morgan fingerprint density at radius 3 is 2.50 bits per heavy atom. The van der Waals surface area contributed by atoms with Crippen molar-refractivity contribution >= 4 is 22.4 Å². The third kappa shape index (κ3) is 2.82. The molecule has 106 valence electrons. The van der Waals surface area contributed by atoms with Crippen molar-refractivity contribution in [2.24, 2.45) is 0 Å². The van der Waals surface area contributed by atoms with Crippen LogP contribution in [0.1, 0.15) is 26.7 Å². The van der Waals surface area contributed by atoms with E-state index in [4.69, 9.17) is 0 Å². The summed E-state index contributed by atoms with van der Waals surface area (Å²) in [6.07, 6.45) is 1.03. The van der Waals surface area contributed by atoms with Crippen LogP contribution in [-0.4, -0.2) is 21.6 Å². The van der Waals surface area contributed by atoms with Crippen molar-refractivity contribution in [3.63, 3.8) is 0 Å². The molecule has 1 heterocycles. The first-order valence-corrected chi connectivity index (χ1v) is 7.52. The quantitative estimate of drug-likeness (QED) is 0.848. The van der Waals surface area contributed by atoms with Crippen LogP contribution in [0.5, 0.6) is 0 Å². The highest BCUT2D eigenvalue weighted by atomic mass is 32.1. The van der Waals surface area contributed by atoms with Crippen LogP contribution >= 0.6 is 11.3 Å². The normalized spacial score (nSPS) is 11.3. The predicted molar refractivity (Wildman–Crippen MR) is 82.1 cm³/mol. The first-order valence-electron chi connectivity index (χ1n) is 6.64. The Hall–Kier alpha value is -1.88. The predicted octanol–water partition coefficient (Wildman–Crippen LogP) is 3.87. The summed E-state index contributed by atoms with van der Waals surface area (Å²) >= 11 is 1.43. The molecule has 0 saturated heterocycles. The molecule has 2 aromatic rings. The van der Waals surface area contributed by atoms with Gasteiger partial charge >= 0.3 is 5.97 Å². The molecule has 2 N–H and O–H groups in total. The first-order chi connectivity index (χ1) is 9.61. The molecule has 0 amide bonds. The largest absolute Gasteiger partial charge is 0.480 e. The van der Waals surface area contributed by atoms with E-state index in [9.17, 15) is 9.90 Å². The summed E-state index contributed by atoms with van der Waals surface area (Å²) in [7, 11) is 0. The van der Waals surface area contributed by atoms with Crippen molar-refractivity contribution in [1.82, 2.24) is 4.98 Å². The third-order valence-corrected chi connectivity index (χ3v) is 4.29. The fourth-order valence-electron chi connectivity index (χ4n) is 2.06. The van der Waals surface area contributed by atoms with Gasteiger partial charge in [-0.15, -0.1) is 11.3 Å². The highest BCUT2D eigenvalue weighted by Crippen LogP contribution is 2.29. The summed E-state index contributed by atoms with van der Waals surface area (Å²) in [5.41, 5.74) is 0.960. The van der Waals surface area contributed by atoms with E-state index in [1.807, 2.05) is 49.6 Å². The fraction of sp³-hybridized carbons (Fsp3) is 0.333. The molecule has 1 aromatic carbocycles. The second-order valence-electron chi connectivity index (χ2n) is 4.62. The van der Waals surface area contributed by atoms with Gasteiger partial charge in [0, 0.05) is 10.9 Å². The number of nitrogens with one attached hydrogen (secondary N) is 1. The SMILES string of the molecule is CCC(CC)(Nc1nc(-c2ccccc2)cs1)C(=O)O. The van der Waals surface area contributed by atoms with Gasteiger partial charge in [-0.05, 0) is 12.8 Å². The van der Waals surface area contributed by atoms with E-state index in [-0.39, 0.29) is 0 Å². The number of rotatable bonds is 6. The van der Waals surface area contributed by atoms with Crippen molar-refractivity contribution in [3.8, 4) is 11.3 Å². The zero-order valence-corrected chi connectivity index (χ0v) is 12.4. The minimum atomic E-state index is -0.939. The molecule has 2 rings (SSSR count). The van der Waals surface area contributed by atoms with Gasteiger partial charge in [0.1, 0.15) is 5.54 Å². The van der Waals surface area contributed by atoms with E-state index < -0.39 is 11.5 Å². The van der Waals surface area contributed by atoms with Gasteiger partial charge in [0.25, 0.3) is 0 Å². The van der Waals surface area contributed by atoms with Crippen molar-refractivity contribution in [1.29, 1.82) is 0 Å². The van der Waals surface area contributed by atoms with Gasteiger partial charge in [-0.25, -0.2) is 9.78 Å². The topological polar surface area (TPSA) is 62.2 Å². The molecule has 0 saturated carbocycles. The monoisotopic (exact) mass is 290 g/mol. The Morgan fingerprint density at radius 1 is 1.30 bits per heavy atom. The van der Waals surface area contributed by atoms with Crippen LogP contribution < -0.4 is 5.32 Å². The summed E-state index contributed by atoms with van der Waals surface area (Å²) in [5, 5.41) is 15.1. The Balaban J connectivity index is 2.23. The number of carbonyl (C=O) groups is 1. The standard InChI is InChI=1S/C15H18N2O2S/c1-3-15(4-2,13(18)19)17-14-16-12(10-20-14)11-8-6-5-7-9-11/h5-10H,3-4H2,1-2H3,(H,16,17)(H,18,19). The number of hydrogen-bond acceptors (Lipinski definition) is 4. The van der Waals surface area contributed by atoms with Crippen molar-refractivity contribution in [2.75, 3.05) is 5.32 Å². The van der Waals surface area contributed by atoms with Gasteiger partial charge in [-0.1, -0.05) is 44.2 Å². The minimum absolute atomic E-state index is 0.513. The number of aliphatic carboxylic acids is 1. The number of carboxylic acids is 1. The van der Waals surface area contributed by atoms with Crippen LogP contribution in [0, 0.1) is 0 Å². The van der Waals surface area contributed by atoms with Crippen LogP contribution in [0.2, 0.25) is 0 Å². The molecule has 0 atom stereocenters. The molecule has 0 aliphatic heterocycles. The Kier molecular flexibility index (Phi) is 4.39. The van der Waals surface area contributed by atoms with Crippen molar-refractivity contribution in [3.05, 3.63) is 35.7 Å². The molecule has 0 bridgehead atoms. The molecular formula is C15H18N2O2S. The van der Waals surface area contributed by atoms with Crippen LogP contribution in [0.3, 0.4) is 0 Å². The maximum Gasteiger partial charge on any atom is 0.329 e. The molecule has 4 nitrogen and oxygen atoms in total. The lowest BCUT2D eigenvalue weighted by Crippen LogP contribution is -2.45. The molecule has 0 aliphatic carbocycles. The van der Waals surface area contributed by atoms with E-state index in [0.717, 1.165) is 11.3 Å². The lowest BCUT2D eigenvalue weighted by Gasteiger charge is -2.27. The van der Waals surface area contributed by atoms with Gasteiger partial charge in [0.2, 0.25) is 0 Å². The summed E-state index contributed by atoms with van der Waals surface area (Å²) < 4.78 is 0. The maximum atomic E-state index is 11.5. The molecule has 20 heavy (non-hydrogen) atoms. The smallest absolute Gasteiger partial charge is 0.329 e. The molecule has 0 spiro atoms. The Morgan fingerprint density at radius 2 is 1.95 bits per heavy atom. The zero-order valence-electron chi connectivity index (χ0n) is 11.6. The maximum absolute atomic E-state index is 11.5. The minimum Gasteiger partial charge on any atom is -0.480 e. The van der Waals surface area contributed by atoms with Gasteiger partial charge in [0.15, 0.2) is 5.13 Å². The average molecular weight is 290 g/mol. The Bertz CT molecular complexity index is 577. The average Bonchev–Trinajstić information content (AvgIpc) is 2.94. The molecule has 5 heteroatoms. The molecule has 1 aromatic heterocycles. The van der Waals surface area contributed by atoms with E-state index in [0.29, 0.717) is 18.0 Å². The summed E-state index contributed by atoms with van der Waals surface area (Å²) in [4.78, 5) is 16.0. The van der Waals surface area contributed by atoms with E-state index in [1.165, 1.54) is 11.3 Å². The second-order valence-corrected chi connectivity index (χ2v) is 5.48. The van der Waals surface area contributed by atoms with Crippen LogP contribution in [-0.2, 0) is 4.79 Å². The number of benzene rings is 1. The van der Waals surface area contributed by atoms with Crippen molar-refractivity contribution in [2.45, 2.75) is 32.2 Å². The molecule has 0 unspecified atom stereocenters. The lowest BCUT2D eigenvalue weighted by molar-refractivity contribution is -0.142. The van der Waals surface area contributed by atoms with E-state index in [2.05, 4.69) is 10.3 Å². The second kappa shape index (κ2) is 6.05. The van der Waals surface area contributed by atoms with Crippen LogP contribution in [0.4, 0.5) is 5.13 Å². The molecule has 0 fully saturated rings. The number of thiazole rings is 1.